The molecule has 0 aromatic heterocycles. The predicted molar refractivity (Wildman–Crippen MR) is 80.8 cm³/mol. The summed E-state index contributed by atoms with van der Waals surface area (Å²) in [7, 11) is 1.30. The Hall–Kier alpha value is -1.53. The molecule has 118 valence electrons. The summed E-state index contributed by atoms with van der Waals surface area (Å²) in [4.78, 5) is 23.4. The van der Waals surface area contributed by atoms with E-state index in [4.69, 9.17) is 4.74 Å². The first kappa shape index (κ1) is 17.5. The van der Waals surface area contributed by atoms with E-state index in [2.05, 4.69) is 5.29 Å². The number of carbonyl (C=O) groups excluding carboxylic acids is 1. The number of carbonyl (C=O) groups is 1. The van der Waals surface area contributed by atoms with Gasteiger partial charge < -0.3 is 9.94 Å². The van der Waals surface area contributed by atoms with E-state index in [0.29, 0.717) is 11.1 Å². The first-order valence-corrected chi connectivity index (χ1v) is 6.76. The van der Waals surface area contributed by atoms with Crippen LogP contribution in [0.5, 0.6) is 0 Å². The van der Waals surface area contributed by atoms with Crippen molar-refractivity contribution in [2.24, 2.45) is 16.1 Å². The second-order valence-corrected chi connectivity index (χ2v) is 7.26. The molecule has 0 atom stereocenters. The molecule has 0 heterocycles. The van der Waals surface area contributed by atoms with Gasteiger partial charge in [0.2, 0.25) is 0 Å². The second kappa shape index (κ2) is 5.35. The molecule has 0 radical (unpaired) electrons. The summed E-state index contributed by atoms with van der Waals surface area (Å²) in [6.07, 6.45) is 2.78. The normalized spacial score (nSPS) is 19.0. The van der Waals surface area contributed by atoms with Crippen molar-refractivity contribution in [3.05, 3.63) is 33.4 Å². The monoisotopic (exact) mass is 295 g/mol. The number of hydroxylamine groups is 1. The van der Waals surface area contributed by atoms with E-state index in [1.165, 1.54) is 19.3 Å². The van der Waals surface area contributed by atoms with Crippen LogP contribution in [0.25, 0.3) is 0 Å². The lowest BCUT2D eigenvalue weighted by molar-refractivity contribution is -0.115. The highest BCUT2D eigenvalue weighted by Gasteiger charge is 2.42. The Balaban J connectivity index is 3.62. The molecule has 1 rings (SSSR count). The predicted octanol–water partition coefficient (Wildman–Crippen LogP) is 3.34. The van der Waals surface area contributed by atoms with Gasteiger partial charge in [-0.2, -0.15) is 0 Å². The van der Waals surface area contributed by atoms with Crippen molar-refractivity contribution >= 4 is 5.78 Å². The van der Waals surface area contributed by atoms with Gasteiger partial charge in [0.1, 0.15) is 0 Å². The molecular formula is C15H23N2O4-. The first-order valence-electron chi connectivity index (χ1n) is 6.76. The fourth-order valence-electron chi connectivity index (χ4n) is 2.22. The fraction of sp³-hybridized carbons (Fsp3) is 0.667. The molecule has 0 saturated heterocycles. The number of Topliss-reactive ketones (excluding diaryl/α,β-unsaturated/α-hetero) is 1. The van der Waals surface area contributed by atoms with Crippen LogP contribution >= 0.6 is 0 Å². The van der Waals surface area contributed by atoms with E-state index >= 15 is 0 Å². The summed E-state index contributed by atoms with van der Waals surface area (Å²) in [5.74, 6) is -0.137. The molecular weight excluding hydrogens is 272 g/mol. The number of hydrogen-bond acceptors (Lipinski definition) is 5. The fourth-order valence-corrected chi connectivity index (χ4v) is 2.22. The van der Waals surface area contributed by atoms with E-state index in [0.717, 1.165) is 0 Å². The Morgan fingerprint density at radius 3 is 1.71 bits per heavy atom. The highest BCUT2D eigenvalue weighted by atomic mass is 16.6. The molecule has 0 fully saturated rings. The first-order chi connectivity index (χ1) is 9.39. The molecule has 21 heavy (non-hydrogen) atoms. The van der Waals surface area contributed by atoms with Crippen molar-refractivity contribution in [3.63, 3.8) is 0 Å². The minimum absolute atomic E-state index is 0.0586. The minimum Gasteiger partial charge on any atom is -0.737 e. The summed E-state index contributed by atoms with van der Waals surface area (Å²) in [6.45, 7) is 11.2. The largest absolute Gasteiger partial charge is 0.737 e. The van der Waals surface area contributed by atoms with Crippen molar-refractivity contribution in [2.75, 3.05) is 7.11 Å². The molecule has 0 saturated carbocycles. The van der Waals surface area contributed by atoms with E-state index in [1.807, 2.05) is 41.5 Å². The number of methoxy groups -OCH3 is 1. The lowest BCUT2D eigenvalue weighted by Gasteiger charge is -2.44. The number of ether oxygens (including phenoxy) is 1. The summed E-state index contributed by atoms with van der Waals surface area (Å²) in [5.41, 5.74) is -1.80. The van der Waals surface area contributed by atoms with Gasteiger partial charge in [0.05, 0.1) is 0 Å². The van der Waals surface area contributed by atoms with Crippen molar-refractivity contribution in [1.29, 1.82) is 0 Å². The van der Waals surface area contributed by atoms with Gasteiger partial charge in [-0.25, -0.2) is 0 Å². The summed E-state index contributed by atoms with van der Waals surface area (Å²) < 4.78 is 5.25. The third-order valence-electron chi connectivity index (χ3n) is 3.51. The van der Waals surface area contributed by atoms with E-state index in [1.54, 1.807) is 0 Å². The van der Waals surface area contributed by atoms with Gasteiger partial charge in [-0.3, -0.25) is 9.97 Å². The Morgan fingerprint density at radius 2 is 1.48 bits per heavy atom. The SMILES string of the molecule is COC1(N([O-])N=O)C=C(C(C)(C)C)C(=O)C(C(C)(C)C)=C1. The number of rotatable bonds is 3. The smallest absolute Gasteiger partial charge is 0.188 e. The van der Waals surface area contributed by atoms with Crippen LogP contribution in [0.1, 0.15) is 41.5 Å². The number of nitrogens with zero attached hydrogens (tertiary/aromatic N) is 2. The van der Waals surface area contributed by atoms with Gasteiger partial charge in [0.25, 0.3) is 0 Å². The highest BCUT2D eigenvalue weighted by Crippen LogP contribution is 2.42. The lowest BCUT2D eigenvalue weighted by atomic mass is 9.71. The van der Waals surface area contributed by atoms with Gasteiger partial charge in [-0.1, -0.05) is 41.5 Å². The van der Waals surface area contributed by atoms with Gasteiger partial charge in [0, 0.05) is 23.5 Å². The zero-order valence-electron chi connectivity index (χ0n) is 13.7. The van der Waals surface area contributed by atoms with Crippen molar-refractivity contribution in [1.82, 2.24) is 5.17 Å². The molecule has 0 unspecified atom stereocenters. The summed E-state index contributed by atoms with van der Waals surface area (Å²) in [5, 5.41) is 14.2. The van der Waals surface area contributed by atoms with Gasteiger partial charge in [-0.05, 0) is 23.0 Å². The maximum absolute atomic E-state index is 12.7. The van der Waals surface area contributed by atoms with Crippen LogP contribution in [-0.2, 0) is 9.53 Å². The Bertz CT molecular complexity index is 473. The van der Waals surface area contributed by atoms with Gasteiger partial charge in [-0.15, -0.1) is 4.91 Å². The summed E-state index contributed by atoms with van der Waals surface area (Å²) in [6, 6.07) is 0. The molecule has 0 aromatic carbocycles. The van der Waals surface area contributed by atoms with Crippen LogP contribution in [0.15, 0.2) is 28.6 Å². The molecule has 0 aliphatic heterocycles. The van der Waals surface area contributed by atoms with Crippen molar-refractivity contribution in [2.45, 2.75) is 47.3 Å². The van der Waals surface area contributed by atoms with E-state index in [-0.39, 0.29) is 11.0 Å². The van der Waals surface area contributed by atoms with Crippen LogP contribution in [0.2, 0.25) is 0 Å². The molecule has 1 aliphatic rings. The Morgan fingerprint density at radius 1 is 1.10 bits per heavy atom. The maximum atomic E-state index is 12.7. The van der Waals surface area contributed by atoms with Crippen molar-refractivity contribution in [3.8, 4) is 0 Å². The summed E-state index contributed by atoms with van der Waals surface area (Å²) >= 11 is 0. The van der Waals surface area contributed by atoms with Crippen molar-refractivity contribution < 1.29 is 9.53 Å². The molecule has 6 nitrogen and oxygen atoms in total. The number of ketones is 1. The molecule has 6 heteroatoms. The van der Waals surface area contributed by atoms with Gasteiger partial charge in [0.15, 0.2) is 11.5 Å². The number of nitroso groups, excluding NO2 is 1. The number of allylic oxidation sites excluding steroid dienone is 2. The lowest BCUT2D eigenvalue weighted by Crippen LogP contribution is -2.46. The molecule has 1 aliphatic carbocycles. The van der Waals surface area contributed by atoms with Crippen LogP contribution < -0.4 is 0 Å². The average molecular weight is 295 g/mol. The van der Waals surface area contributed by atoms with Crippen LogP contribution in [0.3, 0.4) is 0 Å². The van der Waals surface area contributed by atoms with Crippen LogP contribution in [0, 0.1) is 20.9 Å². The maximum Gasteiger partial charge on any atom is 0.188 e. The molecule has 0 spiro atoms. The van der Waals surface area contributed by atoms with E-state index < -0.39 is 16.6 Å². The molecule has 0 aromatic rings. The standard InChI is InChI=1S/C15H23N2O4/c1-13(2,3)10-8-15(21-7,17(20)16-19)9-11(12(10)18)14(4,5)6/h8-9H,1-7H3/q-1. The topological polar surface area (TPSA) is 82.0 Å². The molecule has 0 N–H and O–H groups in total. The Kier molecular flexibility index (Phi) is 4.46. The third kappa shape index (κ3) is 3.22. The van der Waals surface area contributed by atoms with Crippen LogP contribution in [0.4, 0.5) is 0 Å². The molecule has 0 amide bonds. The number of hydrogen-bond donors (Lipinski definition) is 0. The van der Waals surface area contributed by atoms with Gasteiger partial charge >= 0.3 is 0 Å². The Labute approximate surface area is 125 Å². The van der Waals surface area contributed by atoms with E-state index in [9.17, 15) is 14.9 Å². The second-order valence-electron chi connectivity index (χ2n) is 7.26. The average Bonchev–Trinajstić information content (AvgIpc) is 2.35. The van der Waals surface area contributed by atoms with Crippen LogP contribution in [-0.4, -0.2) is 23.8 Å². The molecule has 0 bridgehead atoms. The highest BCUT2D eigenvalue weighted by molar-refractivity contribution is 6.11. The quantitative estimate of drug-likeness (QED) is 0.453. The zero-order chi connectivity index (χ0) is 16.6. The third-order valence-corrected chi connectivity index (χ3v) is 3.51. The zero-order valence-corrected chi connectivity index (χ0v) is 13.7. The minimum atomic E-state index is -1.68.